The number of aromatic nitrogens is 1. The lowest BCUT2D eigenvalue weighted by Gasteiger charge is -1.94. The third-order valence-electron chi connectivity index (χ3n) is 1.93. The van der Waals surface area contributed by atoms with Crippen molar-refractivity contribution < 1.29 is 22.8 Å². The normalized spacial score (nSPS) is 11.8. The highest BCUT2D eigenvalue weighted by molar-refractivity contribution is 8.13. The fourth-order valence-electron chi connectivity index (χ4n) is 1.22. The van der Waals surface area contributed by atoms with Gasteiger partial charge in [0.15, 0.2) is 11.3 Å². The van der Waals surface area contributed by atoms with Gasteiger partial charge in [0.05, 0.1) is 10.3 Å². The molecule has 0 saturated carbocycles. The Hall–Kier alpha value is -1.60. The van der Waals surface area contributed by atoms with Crippen LogP contribution < -0.4 is 0 Å². The minimum Gasteiger partial charge on any atom is -0.476 e. The minimum atomic E-state index is -3.87. The fraction of sp³-hybridized carbons (Fsp3) is 0. The molecule has 1 aromatic carbocycles. The number of fused-ring (bicyclic) bond motifs is 1. The van der Waals surface area contributed by atoms with Gasteiger partial charge in [-0.1, -0.05) is 5.16 Å². The standard InChI is InChI=1S/C8H4ClNO5S/c9-16(13,14)4-1-2-5-6(3-4)15-10-7(5)8(11)12/h1-3H,(H,11,12). The van der Waals surface area contributed by atoms with E-state index >= 15 is 0 Å². The van der Waals surface area contributed by atoms with Gasteiger partial charge < -0.3 is 9.63 Å². The molecule has 0 saturated heterocycles. The lowest BCUT2D eigenvalue weighted by Crippen LogP contribution is -1.96. The molecule has 0 unspecified atom stereocenters. The van der Waals surface area contributed by atoms with Crippen molar-refractivity contribution in [3.63, 3.8) is 0 Å². The molecular weight excluding hydrogens is 258 g/mol. The van der Waals surface area contributed by atoms with Crippen LogP contribution in [0.1, 0.15) is 10.5 Å². The maximum atomic E-state index is 11.0. The number of rotatable bonds is 2. The lowest BCUT2D eigenvalue weighted by atomic mass is 10.2. The SMILES string of the molecule is O=C(O)c1noc2cc(S(=O)(=O)Cl)ccc12. The summed E-state index contributed by atoms with van der Waals surface area (Å²) in [7, 11) is 1.25. The van der Waals surface area contributed by atoms with Crippen molar-refractivity contribution in [1.82, 2.24) is 5.16 Å². The van der Waals surface area contributed by atoms with Gasteiger partial charge in [0.1, 0.15) is 0 Å². The van der Waals surface area contributed by atoms with E-state index in [1.807, 2.05) is 0 Å². The van der Waals surface area contributed by atoms with Gasteiger partial charge in [-0.15, -0.1) is 0 Å². The molecule has 0 aliphatic rings. The molecule has 0 aliphatic carbocycles. The molecule has 8 heteroatoms. The van der Waals surface area contributed by atoms with E-state index in [9.17, 15) is 13.2 Å². The van der Waals surface area contributed by atoms with E-state index in [1.54, 1.807) is 0 Å². The summed E-state index contributed by atoms with van der Waals surface area (Å²) in [4.78, 5) is 10.5. The highest BCUT2D eigenvalue weighted by Crippen LogP contribution is 2.24. The van der Waals surface area contributed by atoms with E-state index in [-0.39, 0.29) is 21.6 Å². The van der Waals surface area contributed by atoms with Crippen LogP contribution in [0.5, 0.6) is 0 Å². The molecule has 16 heavy (non-hydrogen) atoms. The van der Waals surface area contributed by atoms with E-state index in [0.717, 1.165) is 6.07 Å². The molecule has 0 bridgehead atoms. The molecule has 1 heterocycles. The monoisotopic (exact) mass is 261 g/mol. The maximum absolute atomic E-state index is 11.0. The molecule has 0 spiro atoms. The first-order valence-electron chi connectivity index (χ1n) is 3.97. The second-order valence-electron chi connectivity index (χ2n) is 2.93. The third-order valence-corrected chi connectivity index (χ3v) is 3.28. The van der Waals surface area contributed by atoms with E-state index in [2.05, 4.69) is 5.16 Å². The molecule has 2 aromatic rings. The Morgan fingerprint density at radius 2 is 2.12 bits per heavy atom. The smallest absolute Gasteiger partial charge is 0.358 e. The lowest BCUT2D eigenvalue weighted by molar-refractivity contribution is 0.0688. The van der Waals surface area contributed by atoms with Crippen molar-refractivity contribution in [2.24, 2.45) is 0 Å². The maximum Gasteiger partial charge on any atom is 0.358 e. The van der Waals surface area contributed by atoms with Crippen LogP contribution in [0.25, 0.3) is 11.0 Å². The highest BCUT2D eigenvalue weighted by atomic mass is 35.7. The number of aromatic carboxylic acids is 1. The Bertz CT molecular complexity index is 675. The number of halogens is 1. The van der Waals surface area contributed by atoms with E-state index in [0.29, 0.717) is 0 Å². The van der Waals surface area contributed by atoms with Crippen molar-refractivity contribution in [3.05, 3.63) is 23.9 Å². The molecule has 0 atom stereocenters. The molecule has 0 aliphatic heterocycles. The number of benzene rings is 1. The Labute approximate surface area is 93.8 Å². The number of nitrogens with zero attached hydrogens (tertiary/aromatic N) is 1. The first kappa shape index (κ1) is 10.9. The molecule has 0 amide bonds. The average Bonchev–Trinajstić information content (AvgIpc) is 2.58. The van der Waals surface area contributed by atoms with Gasteiger partial charge >= 0.3 is 5.97 Å². The summed E-state index contributed by atoms with van der Waals surface area (Å²) < 4.78 is 26.7. The Morgan fingerprint density at radius 1 is 1.44 bits per heavy atom. The molecule has 2 rings (SSSR count). The predicted molar refractivity (Wildman–Crippen MR) is 54.0 cm³/mol. The molecule has 84 valence electrons. The first-order chi connectivity index (χ1) is 7.39. The molecule has 0 fully saturated rings. The van der Waals surface area contributed by atoms with Crippen LogP contribution in [0, 0.1) is 0 Å². The second-order valence-corrected chi connectivity index (χ2v) is 5.50. The van der Waals surface area contributed by atoms with Gasteiger partial charge in [-0.2, -0.15) is 0 Å². The van der Waals surface area contributed by atoms with Gasteiger partial charge in [0, 0.05) is 16.7 Å². The summed E-state index contributed by atoms with van der Waals surface area (Å²) in [5.74, 6) is -1.25. The largest absolute Gasteiger partial charge is 0.476 e. The first-order valence-corrected chi connectivity index (χ1v) is 6.28. The van der Waals surface area contributed by atoms with Crippen LogP contribution >= 0.6 is 10.7 Å². The van der Waals surface area contributed by atoms with E-state index in [1.165, 1.54) is 12.1 Å². The predicted octanol–water partition coefficient (Wildman–Crippen LogP) is 1.45. The van der Waals surface area contributed by atoms with Gasteiger partial charge in [-0.3, -0.25) is 0 Å². The zero-order valence-electron chi connectivity index (χ0n) is 7.55. The zero-order valence-corrected chi connectivity index (χ0v) is 9.12. The van der Waals surface area contributed by atoms with Crippen molar-refractivity contribution in [2.45, 2.75) is 4.90 Å². The highest BCUT2D eigenvalue weighted by Gasteiger charge is 2.18. The van der Waals surface area contributed by atoms with Crippen LogP contribution in [0.4, 0.5) is 0 Å². The van der Waals surface area contributed by atoms with E-state index in [4.69, 9.17) is 20.3 Å². The van der Waals surface area contributed by atoms with Crippen molar-refractivity contribution in [3.8, 4) is 0 Å². The minimum absolute atomic E-state index is 0.0547. The topological polar surface area (TPSA) is 97.5 Å². The molecule has 0 radical (unpaired) electrons. The van der Waals surface area contributed by atoms with Crippen molar-refractivity contribution in [1.29, 1.82) is 0 Å². The summed E-state index contributed by atoms with van der Waals surface area (Å²) in [6.45, 7) is 0. The Morgan fingerprint density at radius 3 is 2.69 bits per heavy atom. The van der Waals surface area contributed by atoms with Crippen LogP contribution in [-0.4, -0.2) is 24.7 Å². The van der Waals surface area contributed by atoms with Crippen LogP contribution in [0.15, 0.2) is 27.6 Å². The van der Waals surface area contributed by atoms with E-state index < -0.39 is 15.0 Å². The number of hydrogen-bond acceptors (Lipinski definition) is 5. The summed E-state index contributed by atoms with van der Waals surface area (Å²) in [5, 5.41) is 12.3. The molecule has 1 aromatic heterocycles. The number of carbonyl (C=O) groups is 1. The summed E-state index contributed by atoms with van der Waals surface area (Å²) >= 11 is 0. The zero-order chi connectivity index (χ0) is 11.9. The van der Waals surface area contributed by atoms with Gasteiger partial charge in [-0.05, 0) is 12.1 Å². The summed E-state index contributed by atoms with van der Waals surface area (Å²) in [5.41, 5.74) is -0.215. The fourth-order valence-corrected chi connectivity index (χ4v) is 1.99. The van der Waals surface area contributed by atoms with Crippen LogP contribution in [-0.2, 0) is 9.05 Å². The number of carboxylic acid groups (broad SMARTS) is 1. The number of carboxylic acids is 1. The van der Waals surface area contributed by atoms with Gasteiger partial charge in [-0.25, -0.2) is 13.2 Å². The second kappa shape index (κ2) is 3.46. The number of hydrogen-bond donors (Lipinski definition) is 1. The molecule has 6 nitrogen and oxygen atoms in total. The summed E-state index contributed by atoms with van der Waals surface area (Å²) in [6, 6.07) is 3.59. The van der Waals surface area contributed by atoms with Gasteiger partial charge in [0.2, 0.25) is 0 Å². The molecule has 1 N–H and O–H groups in total. The van der Waals surface area contributed by atoms with Crippen LogP contribution in [0.3, 0.4) is 0 Å². The van der Waals surface area contributed by atoms with Gasteiger partial charge in [0.25, 0.3) is 9.05 Å². The van der Waals surface area contributed by atoms with Crippen molar-refractivity contribution >= 4 is 36.7 Å². The Balaban J connectivity index is 2.71. The third kappa shape index (κ3) is 1.74. The Kier molecular flexibility index (Phi) is 2.36. The average molecular weight is 262 g/mol. The quantitative estimate of drug-likeness (QED) is 0.822. The summed E-state index contributed by atoms with van der Waals surface area (Å²) in [6.07, 6.45) is 0. The van der Waals surface area contributed by atoms with Crippen molar-refractivity contribution in [2.75, 3.05) is 0 Å². The molecular formula is C8H4ClNO5S. The van der Waals surface area contributed by atoms with Crippen LogP contribution in [0.2, 0.25) is 0 Å².